The van der Waals surface area contributed by atoms with E-state index in [4.69, 9.17) is 10.5 Å². The number of piperidine rings is 1. The Morgan fingerprint density at radius 2 is 1.90 bits per heavy atom. The maximum atomic E-state index is 12.8. The minimum absolute atomic E-state index is 0.0876. The second-order valence-corrected chi connectivity index (χ2v) is 9.04. The Kier molecular flexibility index (Phi) is 6.55. The fourth-order valence-corrected chi connectivity index (χ4v) is 5.06. The van der Waals surface area contributed by atoms with Crippen LogP contribution in [0.3, 0.4) is 0 Å². The number of sulfonamides is 1. The van der Waals surface area contributed by atoms with Crippen LogP contribution in [0, 0.1) is 16.0 Å². The molecule has 0 atom stereocenters. The molecular weight excluding hydrogens is 402 g/mol. The average molecular weight is 427 g/mol. The molecule has 0 spiro atoms. The summed E-state index contributed by atoms with van der Waals surface area (Å²) in [6.07, 6.45) is 1.48. The van der Waals surface area contributed by atoms with E-state index < -0.39 is 21.0 Å². The quantitative estimate of drug-likeness (QED) is 0.496. The zero-order valence-electron chi connectivity index (χ0n) is 16.0. The van der Waals surface area contributed by atoms with E-state index in [9.17, 15) is 23.3 Å². The number of nitrogens with one attached hydrogen (secondary N) is 1. The average Bonchev–Trinajstić information content (AvgIpc) is 2.72. The predicted molar refractivity (Wildman–Crippen MR) is 105 cm³/mol. The highest BCUT2D eigenvalue weighted by Gasteiger charge is 2.31. The van der Waals surface area contributed by atoms with Crippen LogP contribution in [0.25, 0.3) is 0 Å². The Labute approximate surface area is 169 Å². The lowest BCUT2D eigenvalue weighted by molar-refractivity contribution is -0.384. The molecule has 2 heterocycles. The zero-order chi connectivity index (χ0) is 21.0. The first-order valence-corrected chi connectivity index (χ1v) is 10.9. The van der Waals surface area contributed by atoms with Crippen LogP contribution in [-0.4, -0.2) is 69.6 Å². The fourth-order valence-electron chi connectivity index (χ4n) is 3.64. The van der Waals surface area contributed by atoms with Crippen LogP contribution in [0.1, 0.15) is 12.8 Å². The lowest BCUT2D eigenvalue weighted by Gasteiger charge is -2.33. The molecule has 2 aliphatic heterocycles. The van der Waals surface area contributed by atoms with Gasteiger partial charge >= 0.3 is 6.03 Å². The monoisotopic (exact) mass is 427 g/mol. The van der Waals surface area contributed by atoms with E-state index in [1.54, 1.807) is 0 Å². The number of morpholine rings is 1. The highest BCUT2D eigenvalue weighted by molar-refractivity contribution is 7.89. The molecule has 2 saturated heterocycles. The molecule has 29 heavy (non-hydrogen) atoms. The maximum absolute atomic E-state index is 12.8. The highest BCUT2D eigenvalue weighted by atomic mass is 32.2. The number of carbonyl (C=O) groups excluding carboxylic acids is 1. The van der Waals surface area contributed by atoms with Gasteiger partial charge in [0.2, 0.25) is 10.0 Å². The predicted octanol–water partition coefficient (Wildman–Crippen LogP) is 0.500. The molecule has 2 aliphatic rings. The van der Waals surface area contributed by atoms with Crippen molar-refractivity contribution in [3.8, 4) is 0 Å². The lowest BCUT2D eigenvalue weighted by atomic mass is 9.96. The van der Waals surface area contributed by atoms with Gasteiger partial charge < -0.3 is 20.7 Å². The number of primary amides is 1. The Balaban J connectivity index is 1.77. The normalized spacial score (nSPS) is 19.1. The molecule has 12 heteroatoms. The van der Waals surface area contributed by atoms with Gasteiger partial charge in [-0.25, -0.2) is 13.2 Å². The molecule has 0 radical (unpaired) electrons. The number of benzene rings is 1. The van der Waals surface area contributed by atoms with Gasteiger partial charge in [0.25, 0.3) is 5.69 Å². The third kappa shape index (κ3) is 4.95. The van der Waals surface area contributed by atoms with E-state index in [1.807, 2.05) is 4.90 Å². The van der Waals surface area contributed by atoms with E-state index in [2.05, 4.69) is 5.32 Å². The summed E-state index contributed by atoms with van der Waals surface area (Å²) >= 11 is 0. The molecule has 0 saturated carbocycles. The minimum atomic E-state index is -3.81. The number of hydrogen-bond acceptors (Lipinski definition) is 7. The molecule has 1 aromatic carbocycles. The number of nitrogens with zero attached hydrogens (tertiary/aromatic N) is 3. The van der Waals surface area contributed by atoms with E-state index >= 15 is 0 Å². The molecule has 2 fully saturated rings. The zero-order valence-corrected chi connectivity index (χ0v) is 16.8. The van der Waals surface area contributed by atoms with Crippen LogP contribution in [0.4, 0.5) is 16.2 Å². The van der Waals surface area contributed by atoms with Crippen molar-refractivity contribution in [2.45, 2.75) is 17.7 Å². The second-order valence-electron chi connectivity index (χ2n) is 7.10. The number of nitrogens with two attached hydrogens (primary N) is 1. The van der Waals surface area contributed by atoms with Gasteiger partial charge in [-0.15, -0.1) is 0 Å². The van der Waals surface area contributed by atoms with Crippen LogP contribution >= 0.6 is 0 Å². The number of nitro groups is 1. The van der Waals surface area contributed by atoms with Crippen molar-refractivity contribution in [1.29, 1.82) is 0 Å². The lowest BCUT2D eigenvalue weighted by Crippen LogP contribution is -2.41. The number of anilines is 1. The standard InChI is InChI=1S/C17H25N5O6S/c18-17(23)19-12-13-3-5-20(6-4-13)15-2-1-14(11-16(15)22(24)25)29(26,27)21-7-9-28-10-8-21/h1-2,11,13H,3-10,12H2,(H3,18,19,23). The summed E-state index contributed by atoms with van der Waals surface area (Å²) in [7, 11) is -3.81. The second kappa shape index (κ2) is 8.93. The molecule has 0 aliphatic carbocycles. The van der Waals surface area contributed by atoms with E-state index in [1.165, 1.54) is 16.4 Å². The van der Waals surface area contributed by atoms with Crippen molar-refractivity contribution in [2.75, 3.05) is 50.8 Å². The third-order valence-corrected chi connectivity index (χ3v) is 7.17. The van der Waals surface area contributed by atoms with Gasteiger partial charge in [0.1, 0.15) is 5.69 Å². The van der Waals surface area contributed by atoms with Gasteiger partial charge in [0.15, 0.2) is 0 Å². The largest absolute Gasteiger partial charge is 0.379 e. The summed E-state index contributed by atoms with van der Waals surface area (Å²) in [5.74, 6) is 0.249. The number of ether oxygens (including phenoxy) is 1. The maximum Gasteiger partial charge on any atom is 0.312 e. The van der Waals surface area contributed by atoms with Crippen LogP contribution in [-0.2, 0) is 14.8 Å². The summed E-state index contributed by atoms with van der Waals surface area (Å²) in [5.41, 5.74) is 5.26. The molecule has 1 aromatic rings. The molecule has 160 valence electrons. The fraction of sp³-hybridized carbons (Fsp3) is 0.588. The molecule has 3 rings (SSSR count). The Bertz CT molecular complexity index is 863. The number of nitro benzene ring substituents is 1. The van der Waals surface area contributed by atoms with Crippen molar-refractivity contribution in [1.82, 2.24) is 9.62 Å². The first-order valence-electron chi connectivity index (χ1n) is 9.43. The van der Waals surface area contributed by atoms with E-state index in [0.717, 1.165) is 18.9 Å². The van der Waals surface area contributed by atoms with Crippen LogP contribution < -0.4 is 16.0 Å². The Morgan fingerprint density at radius 3 is 2.48 bits per heavy atom. The Morgan fingerprint density at radius 1 is 1.24 bits per heavy atom. The number of carbonyl (C=O) groups is 1. The number of urea groups is 1. The Hall–Kier alpha value is -2.44. The summed E-state index contributed by atoms with van der Waals surface area (Å²) in [6, 6.07) is 3.50. The summed E-state index contributed by atoms with van der Waals surface area (Å²) in [6.45, 7) is 2.68. The third-order valence-electron chi connectivity index (χ3n) is 5.27. The number of amides is 2. The van der Waals surface area contributed by atoms with Crippen LogP contribution in [0.5, 0.6) is 0 Å². The SMILES string of the molecule is NC(=O)NCC1CCN(c2ccc(S(=O)(=O)N3CCOCC3)cc2[N+](=O)[O-])CC1. The van der Waals surface area contributed by atoms with Crippen LogP contribution in [0.15, 0.2) is 23.1 Å². The molecular formula is C17H25N5O6S. The van der Waals surface area contributed by atoms with Gasteiger partial charge in [0.05, 0.1) is 23.0 Å². The van der Waals surface area contributed by atoms with Gasteiger partial charge in [-0.1, -0.05) is 0 Å². The van der Waals surface area contributed by atoms with Crippen molar-refractivity contribution < 1.29 is 22.9 Å². The first kappa shape index (κ1) is 21.3. The molecule has 0 unspecified atom stereocenters. The summed E-state index contributed by atoms with van der Waals surface area (Å²) in [4.78, 5) is 23.7. The summed E-state index contributed by atoms with van der Waals surface area (Å²) in [5, 5.41) is 14.2. The topological polar surface area (TPSA) is 148 Å². The van der Waals surface area contributed by atoms with Crippen molar-refractivity contribution in [3.05, 3.63) is 28.3 Å². The van der Waals surface area contributed by atoms with Crippen LogP contribution in [0.2, 0.25) is 0 Å². The van der Waals surface area contributed by atoms with Gasteiger partial charge in [-0.3, -0.25) is 10.1 Å². The summed E-state index contributed by atoms with van der Waals surface area (Å²) < 4.78 is 32.1. The molecule has 11 nitrogen and oxygen atoms in total. The molecule has 0 bridgehead atoms. The van der Waals surface area contributed by atoms with Crippen molar-refractivity contribution in [2.24, 2.45) is 11.7 Å². The minimum Gasteiger partial charge on any atom is -0.379 e. The first-order chi connectivity index (χ1) is 13.8. The number of rotatable bonds is 6. The molecule has 2 amide bonds. The van der Waals surface area contributed by atoms with E-state index in [-0.39, 0.29) is 29.6 Å². The van der Waals surface area contributed by atoms with Crippen molar-refractivity contribution in [3.63, 3.8) is 0 Å². The van der Waals surface area contributed by atoms with Gasteiger partial charge in [0, 0.05) is 38.8 Å². The van der Waals surface area contributed by atoms with Gasteiger partial charge in [-0.2, -0.15) is 4.31 Å². The number of hydrogen-bond donors (Lipinski definition) is 2. The van der Waals surface area contributed by atoms with E-state index in [0.29, 0.717) is 38.5 Å². The smallest absolute Gasteiger partial charge is 0.312 e. The molecule has 3 N–H and O–H groups in total. The van der Waals surface area contributed by atoms with Crippen molar-refractivity contribution >= 4 is 27.4 Å². The molecule has 0 aromatic heterocycles. The highest BCUT2D eigenvalue weighted by Crippen LogP contribution is 2.34. The van der Waals surface area contributed by atoms with Gasteiger partial charge in [-0.05, 0) is 30.9 Å².